The van der Waals surface area contributed by atoms with Crippen LogP contribution in [0, 0.1) is 11.8 Å². The highest BCUT2D eigenvalue weighted by molar-refractivity contribution is 6.00. The summed E-state index contributed by atoms with van der Waals surface area (Å²) in [6.45, 7) is 10.5. The molecule has 0 bridgehead atoms. The number of nitrogens with one attached hydrogen (secondary N) is 1. The van der Waals surface area contributed by atoms with Gasteiger partial charge in [0.05, 0.1) is 29.3 Å². The number of esters is 2. The number of carboxylic acids is 1. The molecule has 0 saturated carbocycles. The molecule has 32 heavy (non-hydrogen) atoms. The van der Waals surface area contributed by atoms with Gasteiger partial charge < -0.3 is 24.7 Å². The zero-order valence-corrected chi connectivity index (χ0v) is 19.3. The summed E-state index contributed by atoms with van der Waals surface area (Å²) >= 11 is 0. The number of hydrogen-bond acceptors (Lipinski definition) is 7. The van der Waals surface area contributed by atoms with Crippen LogP contribution in [0.4, 0.5) is 5.69 Å². The maximum atomic E-state index is 13.0. The Bertz CT molecular complexity index is 905. The third-order valence-electron chi connectivity index (χ3n) is 5.26. The number of amides is 1. The van der Waals surface area contributed by atoms with E-state index in [1.807, 2.05) is 13.8 Å². The van der Waals surface area contributed by atoms with Crippen LogP contribution in [0.2, 0.25) is 0 Å². The molecule has 0 saturated heterocycles. The molecule has 0 aromatic heterocycles. The van der Waals surface area contributed by atoms with Crippen LogP contribution in [-0.4, -0.2) is 36.0 Å². The lowest BCUT2D eigenvalue weighted by Crippen LogP contribution is -2.42. The molecule has 1 aliphatic rings. The normalized spacial score (nSPS) is 18.5. The van der Waals surface area contributed by atoms with Crippen LogP contribution in [0.1, 0.15) is 75.1 Å². The Morgan fingerprint density at radius 3 is 1.69 bits per heavy atom. The number of ether oxygens (including phenoxy) is 2. The molecular formula is C24H30NO7-. The maximum absolute atomic E-state index is 13.0. The molecule has 174 valence electrons. The van der Waals surface area contributed by atoms with E-state index in [0.717, 1.165) is 11.1 Å². The second kappa shape index (κ2) is 10.4. The molecule has 0 radical (unpaired) electrons. The largest absolute Gasteiger partial charge is 0.550 e. The molecule has 1 N–H and O–H groups in total. The van der Waals surface area contributed by atoms with Gasteiger partial charge in [0.1, 0.15) is 0 Å². The summed E-state index contributed by atoms with van der Waals surface area (Å²) in [6, 6.07) is 4.12. The Morgan fingerprint density at radius 2 is 1.28 bits per heavy atom. The highest BCUT2D eigenvalue weighted by Gasteiger charge is 2.33. The van der Waals surface area contributed by atoms with E-state index in [1.165, 1.54) is 18.2 Å². The van der Waals surface area contributed by atoms with Gasteiger partial charge in [0.25, 0.3) is 0 Å². The highest BCUT2D eigenvalue weighted by atomic mass is 16.5. The molecule has 0 aliphatic heterocycles. The first kappa shape index (κ1) is 25.1. The van der Waals surface area contributed by atoms with E-state index in [-0.39, 0.29) is 41.9 Å². The zero-order chi connectivity index (χ0) is 24.2. The Balaban J connectivity index is 2.38. The number of carboxylic acid groups (broad SMARTS) is 1. The minimum absolute atomic E-state index is 0.0687. The van der Waals surface area contributed by atoms with Gasteiger partial charge in [-0.1, -0.05) is 11.1 Å². The SMILES string of the molecule is CC1=C(C)CC(C(=O)Nc2cc(C(=O)OC(C)C)cc(C(=O)OC(C)C)c2)C(C(=O)[O-])C1. The molecule has 8 nitrogen and oxygen atoms in total. The molecule has 8 heteroatoms. The lowest BCUT2D eigenvalue weighted by molar-refractivity contribution is -0.313. The van der Waals surface area contributed by atoms with Gasteiger partial charge in [0.15, 0.2) is 0 Å². The van der Waals surface area contributed by atoms with Crippen molar-refractivity contribution in [2.24, 2.45) is 11.8 Å². The van der Waals surface area contributed by atoms with Gasteiger partial charge in [-0.15, -0.1) is 0 Å². The van der Waals surface area contributed by atoms with Gasteiger partial charge in [-0.05, 0) is 72.6 Å². The third kappa shape index (κ3) is 6.42. The highest BCUT2D eigenvalue weighted by Crippen LogP contribution is 2.34. The first-order valence-electron chi connectivity index (χ1n) is 10.6. The molecule has 0 heterocycles. The van der Waals surface area contributed by atoms with E-state index in [4.69, 9.17) is 9.47 Å². The molecule has 2 atom stereocenters. The van der Waals surface area contributed by atoms with E-state index < -0.39 is 35.7 Å². The van der Waals surface area contributed by atoms with Gasteiger partial charge in [0, 0.05) is 17.6 Å². The summed E-state index contributed by atoms with van der Waals surface area (Å²) in [5.41, 5.74) is 2.20. The van der Waals surface area contributed by atoms with Gasteiger partial charge in [0.2, 0.25) is 5.91 Å². The van der Waals surface area contributed by atoms with Gasteiger partial charge >= 0.3 is 11.9 Å². The molecular weight excluding hydrogens is 414 g/mol. The average Bonchev–Trinajstić information content (AvgIpc) is 2.68. The Labute approximate surface area is 188 Å². The molecule has 2 unspecified atom stereocenters. The van der Waals surface area contributed by atoms with E-state index >= 15 is 0 Å². The summed E-state index contributed by atoms with van der Waals surface area (Å²) in [6.07, 6.45) is -0.237. The van der Waals surface area contributed by atoms with E-state index in [1.54, 1.807) is 27.7 Å². The summed E-state index contributed by atoms with van der Waals surface area (Å²) in [5.74, 6) is -4.92. The lowest BCUT2D eigenvalue weighted by atomic mass is 9.76. The van der Waals surface area contributed by atoms with E-state index in [0.29, 0.717) is 0 Å². The van der Waals surface area contributed by atoms with Crippen LogP contribution >= 0.6 is 0 Å². The Kier molecular flexibility index (Phi) is 8.19. The number of rotatable bonds is 7. The van der Waals surface area contributed by atoms with Crippen molar-refractivity contribution in [2.45, 2.75) is 66.6 Å². The minimum atomic E-state index is -1.28. The number of hydrogen-bond donors (Lipinski definition) is 1. The fraction of sp³-hybridized carbons (Fsp3) is 0.500. The van der Waals surface area contributed by atoms with E-state index in [9.17, 15) is 24.3 Å². The standard InChI is InChI=1S/C24H31NO7/c1-12(2)31-23(29)16-9-17(24(30)32-13(3)4)11-18(10-16)25-21(26)19-7-14(5)15(6)8-20(19)22(27)28/h9-13,19-20H,7-8H2,1-6H3,(H,25,26)(H,27,28)/p-1. The van der Waals surface area contributed by atoms with Gasteiger partial charge in [-0.2, -0.15) is 0 Å². The van der Waals surface area contributed by atoms with Crippen molar-refractivity contribution < 1.29 is 33.8 Å². The fourth-order valence-electron chi connectivity index (χ4n) is 3.55. The third-order valence-corrected chi connectivity index (χ3v) is 5.26. The Hall–Kier alpha value is -3.16. The van der Waals surface area contributed by atoms with Crippen LogP contribution in [0.25, 0.3) is 0 Å². The lowest BCUT2D eigenvalue weighted by Gasteiger charge is -2.32. The molecule has 1 aliphatic carbocycles. The zero-order valence-electron chi connectivity index (χ0n) is 19.3. The first-order valence-corrected chi connectivity index (χ1v) is 10.6. The first-order chi connectivity index (χ1) is 14.9. The summed E-state index contributed by atoms with van der Waals surface area (Å²) in [7, 11) is 0. The molecule has 1 aromatic rings. The number of benzene rings is 1. The Morgan fingerprint density at radius 1 is 0.844 bits per heavy atom. The summed E-state index contributed by atoms with van der Waals surface area (Å²) in [5, 5.41) is 14.3. The van der Waals surface area contributed by atoms with Crippen molar-refractivity contribution in [1.82, 2.24) is 0 Å². The van der Waals surface area contributed by atoms with E-state index in [2.05, 4.69) is 5.32 Å². The maximum Gasteiger partial charge on any atom is 0.338 e. The smallest absolute Gasteiger partial charge is 0.338 e. The minimum Gasteiger partial charge on any atom is -0.550 e. The number of carbonyl (C=O) groups is 4. The number of allylic oxidation sites excluding steroid dienone is 2. The summed E-state index contributed by atoms with van der Waals surface area (Å²) in [4.78, 5) is 49.5. The van der Waals surface area contributed by atoms with Crippen molar-refractivity contribution in [3.63, 3.8) is 0 Å². The van der Waals surface area contributed by atoms with Crippen molar-refractivity contribution in [3.05, 3.63) is 40.5 Å². The van der Waals surface area contributed by atoms with Crippen LogP contribution in [0.3, 0.4) is 0 Å². The van der Waals surface area contributed by atoms with Crippen LogP contribution in [0.15, 0.2) is 29.3 Å². The molecule has 2 rings (SSSR count). The van der Waals surface area contributed by atoms with Crippen molar-refractivity contribution >= 4 is 29.5 Å². The average molecular weight is 445 g/mol. The van der Waals surface area contributed by atoms with Crippen molar-refractivity contribution in [3.8, 4) is 0 Å². The van der Waals surface area contributed by atoms with Crippen LogP contribution in [-0.2, 0) is 19.1 Å². The van der Waals surface area contributed by atoms with Gasteiger partial charge in [-0.3, -0.25) is 4.79 Å². The number of carbonyl (C=O) groups excluding carboxylic acids is 4. The molecule has 0 fully saturated rings. The second-order valence-corrected chi connectivity index (χ2v) is 8.70. The van der Waals surface area contributed by atoms with Crippen molar-refractivity contribution in [1.29, 1.82) is 0 Å². The number of aliphatic carboxylic acids is 1. The fourth-order valence-corrected chi connectivity index (χ4v) is 3.55. The quantitative estimate of drug-likeness (QED) is 0.507. The summed E-state index contributed by atoms with van der Waals surface area (Å²) < 4.78 is 10.4. The molecule has 1 amide bonds. The van der Waals surface area contributed by atoms with Crippen LogP contribution < -0.4 is 10.4 Å². The van der Waals surface area contributed by atoms with Crippen LogP contribution in [0.5, 0.6) is 0 Å². The topological polar surface area (TPSA) is 122 Å². The predicted octanol–water partition coefficient (Wildman–Crippen LogP) is 2.87. The second-order valence-electron chi connectivity index (χ2n) is 8.70. The van der Waals surface area contributed by atoms with Crippen molar-refractivity contribution in [2.75, 3.05) is 5.32 Å². The monoisotopic (exact) mass is 444 g/mol. The number of anilines is 1. The predicted molar refractivity (Wildman–Crippen MR) is 116 cm³/mol. The van der Waals surface area contributed by atoms with Gasteiger partial charge in [-0.25, -0.2) is 9.59 Å². The molecule has 1 aromatic carbocycles. The molecule has 0 spiro atoms.